The van der Waals surface area contributed by atoms with Crippen molar-refractivity contribution in [3.8, 4) is 11.8 Å². The fourth-order valence-electron chi connectivity index (χ4n) is 1.96. The third-order valence-corrected chi connectivity index (χ3v) is 3.29. The van der Waals surface area contributed by atoms with Gasteiger partial charge in [0.25, 0.3) is 0 Å². The summed E-state index contributed by atoms with van der Waals surface area (Å²) in [6.45, 7) is 5.41. The molecule has 2 rings (SSSR count). The van der Waals surface area contributed by atoms with Gasteiger partial charge in [0, 0.05) is 16.1 Å². The number of hydrogen-bond acceptors (Lipinski definition) is 1. The second-order valence-electron chi connectivity index (χ2n) is 4.75. The first-order chi connectivity index (χ1) is 8.08. The van der Waals surface area contributed by atoms with Gasteiger partial charge in [-0.2, -0.15) is 0 Å². The van der Waals surface area contributed by atoms with Crippen molar-refractivity contribution in [2.75, 3.05) is 6.54 Å². The summed E-state index contributed by atoms with van der Waals surface area (Å²) in [5.74, 6) is 6.23. The standard InChI is InChI=1S/C15H16ClN/c1-15(2)13(9-10-17-15)7-3-5-12-6-4-8-14(16)11-12/h4,6-8,11,17H,9-10H2,1-2H3. The van der Waals surface area contributed by atoms with E-state index >= 15 is 0 Å². The number of allylic oxidation sites excluding steroid dienone is 1. The molecule has 88 valence electrons. The minimum absolute atomic E-state index is 0.0863. The van der Waals surface area contributed by atoms with Crippen molar-refractivity contribution in [1.29, 1.82) is 0 Å². The maximum Gasteiger partial charge on any atom is 0.0418 e. The maximum atomic E-state index is 5.90. The molecule has 0 aliphatic carbocycles. The van der Waals surface area contributed by atoms with E-state index in [1.54, 1.807) is 0 Å². The second kappa shape index (κ2) is 4.96. The minimum Gasteiger partial charge on any atom is -0.308 e. The van der Waals surface area contributed by atoms with Gasteiger partial charge in [0.2, 0.25) is 0 Å². The lowest BCUT2D eigenvalue weighted by molar-refractivity contribution is 0.528. The molecule has 1 heterocycles. The normalized spacial score (nSPS) is 20.1. The van der Waals surface area contributed by atoms with Gasteiger partial charge in [-0.3, -0.25) is 0 Å². The highest BCUT2D eigenvalue weighted by Crippen LogP contribution is 2.24. The fourth-order valence-corrected chi connectivity index (χ4v) is 2.15. The number of rotatable bonds is 0. The van der Waals surface area contributed by atoms with Crippen molar-refractivity contribution < 1.29 is 0 Å². The lowest BCUT2D eigenvalue weighted by Crippen LogP contribution is -2.33. The molecule has 0 saturated carbocycles. The average molecular weight is 246 g/mol. The molecule has 17 heavy (non-hydrogen) atoms. The summed E-state index contributed by atoms with van der Waals surface area (Å²) in [6.07, 6.45) is 3.11. The van der Waals surface area contributed by atoms with Crippen LogP contribution < -0.4 is 5.32 Å². The quantitative estimate of drug-likeness (QED) is 0.691. The molecule has 1 saturated heterocycles. The van der Waals surface area contributed by atoms with Crippen LogP contribution in [0.1, 0.15) is 25.8 Å². The Morgan fingerprint density at radius 1 is 1.41 bits per heavy atom. The number of nitrogens with one attached hydrogen (secondary N) is 1. The highest BCUT2D eigenvalue weighted by Gasteiger charge is 2.27. The first-order valence-electron chi connectivity index (χ1n) is 5.79. The Labute approximate surface area is 108 Å². The number of benzene rings is 1. The van der Waals surface area contributed by atoms with Gasteiger partial charge in [0.05, 0.1) is 0 Å². The van der Waals surface area contributed by atoms with E-state index in [0.717, 1.165) is 23.6 Å². The monoisotopic (exact) mass is 245 g/mol. The minimum atomic E-state index is 0.0863. The van der Waals surface area contributed by atoms with Gasteiger partial charge in [0.1, 0.15) is 0 Å². The molecule has 0 spiro atoms. The third kappa shape index (κ3) is 3.12. The predicted octanol–water partition coefficient (Wildman–Crippen LogP) is 3.39. The molecule has 0 radical (unpaired) electrons. The second-order valence-corrected chi connectivity index (χ2v) is 5.19. The molecular formula is C15H16ClN. The molecular weight excluding hydrogens is 230 g/mol. The van der Waals surface area contributed by atoms with Crippen molar-refractivity contribution in [2.24, 2.45) is 0 Å². The zero-order valence-electron chi connectivity index (χ0n) is 10.2. The SMILES string of the molecule is CC1(C)NCCC1=CC#Cc1cccc(Cl)c1. The van der Waals surface area contributed by atoms with E-state index < -0.39 is 0 Å². The Kier molecular flexibility index (Phi) is 3.57. The van der Waals surface area contributed by atoms with Crippen LogP contribution in [-0.4, -0.2) is 12.1 Å². The van der Waals surface area contributed by atoms with Gasteiger partial charge < -0.3 is 5.32 Å². The Hall–Kier alpha value is -1.23. The van der Waals surface area contributed by atoms with Crippen molar-refractivity contribution >= 4 is 11.6 Å². The molecule has 1 aliphatic heterocycles. The van der Waals surface area contributed by atoms with E-state index in [4.69, 9.17) is 11.6 Å². The molecule has 1 aromatic rings. The highest BCUT2D eigenvalue weighted by molar-refractivity contribution is 6.30. The summed E-state index contributed by atoms with van der Waals surface area (Å²) in [5, 5.41) is 4.18. The van der Waals surface area contributed by atoms with E-state index in [2.05, 4.69) is 31.0 Å². The van der Waals surface area contributed by atoms with E-state index in [1.165, 1.54) is 5.57 Å². The number of halogens is 1. The summed E-state index contributed by atoms with van der Waals surface area (Å²) in [6, 6.07) is 7.62. The lowest BCUT2D eigenvalue weighted by atomic mass is 9.96. The summed E-state index contributed by atoms with van der Waals surface area (Å²) in [5.41, 5.74) is 2.41. The molecule has 1 aliphatic rings. The van der Waals surface area contributed by atoms with Crippen molar-refractivity contribution in [1.82, 2.24) is 5.32 Å². The van der Waals surface area contributed by atoms with Crippen LogP contribution in [0.3, 0.4) is 0 Å². The Balaban J connectivity index is 2.16. The molecule has 1 fully saturated rings. The highest BCUT2D eigenvalue weighted by atomic mass is 35.5. The van der Waals surface area contributed by atoms with Crippen LogP contribution in [-0.2, 0) is 0 Å². The van der Waals surface area contributed by atoms with E-state index in [-0.39, 0.29) is 5.54 Å². The van der Waals surface area contributed by atoms with Gasteiger partial charge in [-0.25, -0.2) is 0 Å². The van der Waals surface area contributed by atoms with Crippen LogP contribution >= 0.6 is 11.6 Å². The molecule has 0 aromatic heterocycles. The summed E-state index contributed by atoms with van der Waals surface area (Å²) in [4.78, 5) is 0. The molecule has 0 unspecified atom stereocenters. The summed E-state index contributed by atoms with van der Waals surface area (Å²) >= 11 is 5.90. The van der Waals surface area contributed by atoms with Gasteiger partial charge in [-0.15, -0.1) is 0 Å². The van der Waals surface area contributed by atoms with Gasteiger partial charge in [-0.1, -0.05) is 29.5 Å². The average Bonchev–Trinajstić information content (AvgIpc) is 2.58. The van der Waals surface area contributed by atoms with Crippen LogP contribution in [0, 0.1) is 11.8 Å². The van der Waals surface area contributed by atoms with Crippen LogP contribution in [0.15, 0.2) is 35.9 Å². The lowest BCUT2D eigenvalue weighted by Gasteiger charge is -2.19. The Bertz CT molecular complexity index is 503. The van der Waals surface area contributed by atoms with Crippen LogP contribution in [0.25, 0.3) is 0 Å². The van der Waals surface area contributed by atoms with Crippen LogP contribution in [0.4, 0.5) is 0 Å². The summed E-state index contributed by atoms with van der Waals surface area (Å²) < 4.78 is 0. The number of hydrogen-bond donors (Lipinski definition) is 1. The summed E-state index contributed by atoms with van der Waals surface area (Å²) in [7, 11) is 0. The van der Waals surface area contributed by atoms with Crippen molar-refractivity contribution in [2.45, 2.75) is 25.8 Å². The molecule has 0 bridgehead atoms. The van der Waals surface area contributed by atoms with E-state index in [9.17, 15) is 0 Å². The van der Waals surface area contributed by atoms with Crippen LogP contribution in [0.2, 0.25) is 5.02 Å². The zero-order valence-corrected chi connectivity index (χ0v) is 10.9. The molecule has 1 N–H and O–H groups in total. The van der Waals surface area contributed by atoms with E-state index in [0.29, 0.717) is 0 Å². The van der Waals surface area contributed by atoms with Gasteiger partial charge in [0.15, 0.2) is 0 Å². The van der Waals surface area contributed by atoms with E-state index in [1.807, 2.05) is 30.3 Å². The smallest absolute Gasteiger partial charge is 0.0418 e. The van der Waals surface area contributed by atoms with Gasteiger partial charge >= 0.3 is 0 Å². The molecule has 0 atom stereocenters. The Morgan fingerprint density at radius 2 is 2.24 bits per heavy atom. The first kappa shape index (κ1) is 12.2. The van der Waals surface area contributed by atoms with Gasteiger partial charge in [-0.05, 0) is 56.7 Å². The predicted molar refractivity (Wildman–Crippen MR) is 73.1 cm³/mol. The van der Waals surface area contributed by atoms with Crippen LogP contribution in [0.5, 0.6) is 0 Å². The molecule has 1 aromatic carbocycles. The van der Waals surface area contributed by atoms with Crippen molar-refractivity contribution in [3.63, 3.8) is 0 Å². The molecule has 1 nitrogen and oxygen atoms in total. The fraction of sp³-hybridized carbons (Fsp3) is 0.333. The maximum absolute atomic E-state index is 5.90. The zero-order chi connectivity index (χ0) is 12.3. The molecule has 2 heteroatoms. The molecule has 0 amide bonds. The largest absolute Gasteiger partial charge is 0.308 e. The Morgan fingerprint density at radius 3 is 2.88 bits per heavy atom. The van der Waals surface area contributed by atoms with Crippen molar-refractivity contribution in [3.05, 3.63) is 46.5 Å². The first-order valence-corrected chi connectivity index (χ1v) is 6.17. The third-order valence-electron chi connectivity index (χ3n) is 3.05. The topological polar surface area (TPSA) is 12.0 Å².